The number of unbranched alkanes of at least 4 members (excludes halogenated alkanes) is 2. The number of nitrogens with zero attached hydrogens (tertiary/aromatic N) is 2. The maximum atomic E-state index is 4.68. The molecule has 0 radical (unpaired) electrons. The Hall–Kier alpha value is -4.82. The van der Waals surface area contributed by atoms with Crippen molar-refractivity contribution < 1.29 is 0 Å². The van der Waals surface area contributed by atoms with Gasteiger partial charge in [-0.3, -0.25) is 0 Å². The zero-order valence-corrected chi connectivity index (χ0v) is 35.2. The molecule has 1 heterocycles. The van der Waals surface area contributed by atoms with Crippen LogP contribution in [0, 0.1) is 13.8 Å². The van der Waals surface area contributed by atoms with Gasteiger partial charge in [-0.15, -0.1) is 0 Å². The highest BCUT2D eigenvalue weighted by Crippen LogP contribution is 2.32. The van der Waals surface area contributed by atoms with Crippen LogP contribution in [0.5, 0.6) is 0 Å². The third-order valence-corrected chi connectivity index (χ3v) is 9.11. The summed E-state index contributed by atoms with van der Waals surface area (Å²) < 4.78 is 0. The van der Waals surface area contributed by atoms with Crippen molar-refractivity contribution in [3.05, 3.63) is 174 Å². The molecule has 0 saturated heterocycles. The standard InChI is InChI=1S/C28H30N2.C17H20.C5H12.C2H6/c1-4-6-7-9-23(8-5-2)14-18-26(19-15-24-12-13-24)28-29-20-27(21-30-28)25-16-10-22(3)11-17-25;1-4-13(2)15-10-7-8-12-17(15)16-11-6-5-9-14(16)3;1-3-5-4-2;1-2/h4,6-12,14,16-21H,5,13,15H2,1-3H3;5-13H,4H2,1-3H3;3-5H2,1-2H3;1-2H3/b6-4-,9-7-,18-14+,23-8-,26-19+;;;. The molecule has 1 aromatic heterocycles. The quantitative estimate of drug-likeness (QED) is 0.0957. The Morgan fingerprint density at radius 3 is 1.91 bits per heavy atom. The number of aromatic nitrogens is 2. The van der Waals surface area contributed by atoms with E-state index in [0.29, 0.717) is 5.92 Å². The third-order valence-electron chi connectivity index (χ3n) is 9.11. The first-order valence-corrected chi connectivity index (χ1v) is 20.4. The Labute approximate surface area is 330 Å². The molecular weight excluding hydrogens is 653 g/mol. The number of aryl methyl sites for hydroxylation is 2. The summed E-state index contributed by atoms with van der Waals surface area (Å²) in [5, 5.41) is 0. The van der Waals surface area contributed by atoms with Gasteiger partial charge in [0.2, 0.25) is 0 Å². The first-order valence-electron chi connectivity index (χ1n) is 20.4. The fourth-order valence-corrected chi connectivity index (χ4v) is 5.60. The third kappa shape index (κ3) is 16.5. The van der Waals surface area contributed by atoms with Crippen molar-refractivity contribution in [3.8, 4) is 22.3 Å². The van der Waals surface area contributed by atoms with Crippen molar-refractivity contribution >= 4 is 5.57 Å². The zero-order chi connectivity index (χ0) is 39.6. The molecule has 0 aliphatic heterocycles. The predicted molar refractivity (Wildman–Crippen MR) is 241 cm³/mol. The van der Waals surface area contributed by atoms with Crippen molar-refractivity contribution in [3.63, 3.8) is 0 Å². The summed E-state index contributed by atoms with van der Waals surface area (Å²) >= 11 is 0. The van der Waals surface area contributed by atoms with Gasteiger partial charge in [0.1, 0.15) is 0 Å². The lowest BCUT2D eigenvalue weighted by molar-refractivity contribution is 0.735. The molecule has 54 heavy (non-hydrogen) atoms. The van der Waals surface area contributed by atoms with Gasteiger partial charge in [-0.1, -0.05) is 206 Å². The molecule has 1 aliphatic rings. The highest BCUT2D eigenvalue weighted by molar-refractivity contribution is 5.72. The summed E-state index contributed by atoms with van der Waals surface area (Å²) in [6.45, 7) is 21.4. The number of benzene rings is 3. The van der Waals surface area contributed by atoms with Crippen LogP contribution in [0.1, 0.15) is 129 Å². The molecule has 2 heteroatoms. The minimum Gasteiger partial charge on any atom is -0.236 e. The van der Waals surface area contributed by atoms with Crippen molar-refractivity contribution in [2.75, 3.05) is 0 Å². The van der Waals surface area contributed by atoms with Gasteiger partial charge in [-0.2, -0.15) is 0 Å². The van der Waals surface area contributed by atoms with E-state index in [4.69, 9.17) is 0 Å². The summed E-state index contributed by atoms with van der Waals surface area (Å²) in [5.74, 6) is 1.38. The lowest BCUT2D eigenvalue weighted by Gasteiger charge is -2.16. The summed E-state index contributed by atoms with van der Waals surface area (Å²) in [4.78, 5) is 9.35. The molecule has 0 amide bonds. The molecule has 3 aromatic carbocycles. The molecule has 0 saturated carbocycles. The maximum Gasteiger partial charge on any atom is 0.158 e. The van der Waals surface area contributed by atoms with E-state index in [-0.39, 0.29) is 0 Å². The minimum absolute atomic E-state index is 0.616. The second kappa shape index (κ2) is 26.9. The van der Waals surface area contributed by atoms with E-state index in [9.17, 15) is 0 Å². The fourth-order valence-electron chi connectivity index (χ4n) is 5.60. The van der Waals surface area contributed by atoms with Gasteiger partial charge in [0, 0.05) is 23.5 Å². The van der Waals surface area contributed by atoms with Crippen LogP contribution in [0.2, 0.25) is 0 Å². The molecule has 0 N–H and O–H groups in total. The van der Waals surface area contributed by atoms with Gasteiger partial charge in [0.05, 0.1) is 0 Å². The fraction of sp³-hybridized carbons (Fsp3) is 0.346. The topological polar surface area (TPSA) is 25.8 Å². The van der Waals surface area contributed by atoms with Crippen molar-refractivity contribution in [2.45, 2.75) is 120 Å². The van der Waals surface area contributed by atoms with Crippen LogP contribution < -0.4 is 0 Å². The Bertz CT molecular complexity index is 1810. The molecule has 2 nitrogen and oxygen atoms in total. The Morgan fingerprint density at radius 2 is 1.35 bits per heavy atom. The normalized spacial score (nSPS) is 13.0. The average Bonchev–Trinajstić information content (AvgIpc) is 4.05. The number of rotatable bonds is 14. The summed E-state index contributed by atoms with van der Waals surface area (Å²) in [6.07, 6.45) is 31.4. The summed E-state index contributed by atoms with van der Waals surface area (Å²) in [7, 11) is 0. The SMILES string of the molecule is CC.CCC(C)c1ccccc1-c1ccccc1C.CCCCC.C\C=C/C=C\C(=C\CC)\C=C\C(=C/CC1=CC1)c1ncc(-c2ccc(C)cc2)cn1. The van der Waals surface area contributed by atoms with E-state index in [1.807, 2.05) is 45.3 Å². The van der Waals surface area contributed by atoms with Gasteiger partial charge < -0.3 is 0 Å². The second-order valence-electron chi connectivity index (χ2n) is 13.5. The van der Waals surface area contributed by atoms with Gasteiger partial charge in [-0.25, -0.2) is 9.97 Å². The van der Waals surface area contributed by atoms with E-state index in [2.05, 4.69) is 174 Å². The lowest BCUT2D eigenvalue weighted by atomic mass is 9.89. The molecule has 0 spiro atoms. The number of allylic oxidation sites excluding steroid dienone is 12. The van der Waals surface area contributed by atoms with Crippen molar-refractivity contribution in [1.29, 1.82) is 0 Å². The molecule has 5 rings (SSSR count). The first-order chi connectivity index (χ1) is 26.3. The van der Waals surface area contributed by atoms with Crippen molar-refractivity contribution in [2.24, 2.45) is 0 Å². The number of hydrogen-bond acceptors (Lipinski definition) is 2. The highest BCUT2D eigenvalue weighted by atomic mass is 14.9. The van der Waals surface area contributed by atoms with Crippen LogP contribution in [0.4, 0.5) is 0 Å². The van der Waals surface area contributed by atoms with Crippen molar-refractivity contribution in [1.82, 2.24) is 9.97 Å². The van der Waals surface area contributed by atoms with Gasteiger partial charge in [0.25, 0.3) is 0 Å². The summed E-state index contributed by atoms with van der Waals surface area (Å²) in [6, 6.07) is 25.9. The molecule has 286 valence electrons. The van der Waals surface area contributed by atoms with Gasteiger partial charge in [0.15, 0.2) is 5.82 Å². The molecular formula is C52H68N2. The van der Waals surface area contributed by atoms with Crippen LogP contribution in [0.25, 0.3) is 27.8 Å². The van der Waals surface area contributed by atoms with E-state index >= 15 is 0 Å². The summed E-state index contributed by atoms with van der Waals surface area (Å²) in [5.41, 5.74) is 12.7. The van der Waals surface area contributed by atoms with Crippen LogP contribution in [-0.4, -0.2) is 9.97 Å². The van der Waals surface area contributed by atoms with E-state index in [1.54, 1.807) is 0 Å². The highest BCUT2D eigenvalue weighted by Gasteiger charge is 2.11. The molecule has 1 unspecified atom stereocenters. The Balaban J connectivity index is 0.000000352. The maximum absolute atomic E-state index is 4.68. The Kier molecular flexibility index (Phi) is 22.6. The smallest absolute Gasteiger partial charge is 0.158 e. The second-order valence-corrected chi connectivity index (χ2v) is 13.5. The first kappa shape index (κ1) is 45.3. The Morgan fingerprint density at radius 1 is 0.722 bits per heavy atom. The predicted octanol–water partition coefficient (Wildman–Crippen LogP) is 16.0. The minimum atomic E-state index is 0.616. The van der Waals surface area contributed by atoms with Crippen LogP contribution >= 0.6 is 0 Å². The van der Waals surface area contributed by atoms with Gasteiger partial charge in [-0.05, 0) is 85.8 Å². The van der Waals surface area contributed by atoms with Crippen LogP contribution in [-0.2, 0) is 0 Å². The molecule has 0 fully saturated rings. The zero-order valence-electron chi connectivity index (χ0n) is 35.2. The largest absolute Gasteiger partial charge is 0.236 e. The molecule has 0 bridgehead atoms. The number of hydrogen-bond donors (Lipinski definition) is 0. The lowest BCUT2D eigenvalue weighted by Crippen LogP contribution is -1.95. The van der Waals surface area contributed by atoms with Gasteiger partial charge >= 0.3 is 0 Å². The van der Waals surface area contributed by atoms with Crippen LogP contribution in [0.3, 0.4) is 0 Å². The molecule has 1 atom stereocenters. The molecule has 4 aromatic rings. The van der Waals surface area contributed by atoms with E-state index < -0.39 is 0 Å². The van der Waals surface area contributed by atoms with E-state index in [0.717, 1.165) is 41.8 Å². The average molecular weight is 721 g/mol. The van der Waals surface area contributed by atoms with E-state index in [1.165, 1.54) is 64.6 Å². The van der Waals surface area contributed by atoms with Crippen LogP contribution in [0.15, 0.2) is 151 Å². The monoisotopic (exact) mass is 721 g/mol. The molecule has 1 aliphatic carbocycles.